The van der Waals surface area contributed by atoms with Crippen LogP contribution in [0.4, 0.5) is 10.6 Å². The summed E-state index contributed by atoms with van der Waals surface area (Å²) in [4.78, 5) is 34.5. The Balaban J connectivity index is 1.32. The van der Waals surface area contributed by atoms with E-state index < -0.39 is 5.60 Å². The van der Waals surface area contributed by atoms with Gasteiger partial charge in [0.1, 0.15) is 11.4 Å². The molecule has 0 bridgehead atoms. The fraction of sp³-hybridized carbons (Fsp3) is 0.367. The molecular formula is C30H35N7O3. The fourth-order valence-electron chi connectivity index (χ4n) is 4.84. The Bertz CT molecular complexity index is 1550. The van der Waals surface area contributed by atoms with Gasteiger partial charge >= 0.3 is 6.09 Å². The highest BCUT2D eigenvalue weighted by molar-refractivity contribution is 6.03. The van der Waals surface area contributed by atoms with Crippen molar-refractivity contribution in [3.8, 4) is 5.69 Å². The molecule has 1 fully saturated rings. The van der Waals surface area contributed by atoms with Crippen molar-refractivity contribution >= 4 is 28.7 Å². The molecule has 2 amide bonds. The molecule has 1 saturated heterocycles. The molecule has 1 aliphatic rings. The molecule has 40 heavy (non-hydrogen) atoms. The van der Waals surface area contributed by atoms with E-state index in [0.29, 0.717) is 31.1 Å². The van der Waals surface area contributed by atoms with Gasteiger partial charge in [-0.3, -0.25) is 9.69 Å². The Labute approximate surface area is 233 Å². The lowest BCUT2D eigenvalue weighted by molar-refractivity contribution is 0.0139. The zero-order valence-electron chi connectivity index (χ0n) is 23.6. The van der Waals surface area contributed by atoms with Gasteiger partial charge < -0.3 is 15.0 Å². The van der Waals surface area contributed by atoms with E-state index in [9.17, 15) is 9.59 Å². The number of aryl methyl sites for hydroxylation is 1. The van der Waals surface area contributed by atoms with Crippen LogP contribution in [0.3, 0.4) is 0 Å². The van der Waals surface area contributed by atoms with E-state index in [-0.39, 0.29) is 17.7 Å². The van der Waals surface area contributed by atoms with Crippen LogP contribution in [0, 0.1) is 13.8 Å². The summed E-state index contributed by atoms with van der Waals surface area (Å²) in [6.07, 6.45) is -0.277. The first kappa shape index (κ1) is 27.3. The Morgan fingerprint density at radius 1 is 0.975 bits per heavy atom. The molecule has 10 nitrogen and oxygen atoms in total. The summed E-state index contributed by atoms with van der Waals surface area (Å²) >= 11 is 0. The van der Waals surface area contributed by atoms with Crippen molar-refractivity contribution in [1.82, 2.24) is 29.8 Å². The van der Waals surface area contributed by atoms with Gasteiger partial charge in [-0.25, -0.2) is 14.5 Å². The van der Waals surface area contributed by atoms with Gasteiger partial charge in [0.15, 0.2) is 5.69 Å². The van der Waals surface area contributed by atoms with Crippen LogP contribution < -0.4 is 5.32 Å². The van der Waals surface area contributed by atoms with Crippen LogP contribution in [0.15, 0.2) is 54.6 Å². The average Bonchev–Trinajstić information content (AvgIpc) is 3.29. The fourth-order valence-corrected chi connectivity index (χ4v) is 4.84. The normalized spacial score (nSPS) is 14.4. The van der Waals surface area contributed by atoms with Gasteiger partial charge in [-0.05, 0) is 63.9 Å². The predicted molar refractivity (Wildman–Crippen MR) is 154 cm³/mol. The van der Waals surface area contributed by atoms with Crippen molar-refractivity contribution in [1.29, 1.82) is 0 Å². The van der Waals surface area contributed by atoms with Crippen LogP contribution in [0.1, 0.15) is 48.1 Å². The summed E-state index contributed by atoms with van der Waals surface area (Å²) in [7, 11) is 0. The largest absolute Gasteiger partial charge is 0.444 e. The zero-order chi connectivity index (χ0) is 28.4. The van der Waals surface area contributed by atoms with Crippen molar-refractivity contribution in [2.45, 2.75) is 46.8 Å². The van der Waals surface area contributed by atoms with Crippen LogP contribution in [0.5, 0.6) is 0 Å². The molecule has 0 unspecified atom stereocenters. The minimum Gasteiger partial charge on any atom is -0.444 e. The van der Waals surface area contributed by atoms with E-state index in [1.807, 2.05) is 89.2 Å². The summed E-state index contributed by atoms with van der Waals surface area (Å²) in [5.41, 5.74) is 4.14. The molecule has 208 valence electrons. The lowest BCUT2D eigenvalue weighted by Crippen LogP contribution is -2.49. The number of rotatable bonds is 5. The molecule has 0 aliphatic carbocycles. The predicted octanol–water partition coefficient (Wildman–Crippen LogP) is 4.74. The summed E-state index contributed by atoms with van der Waals surface area (Å²) in [5.74, 6) is 0.0907. The number of hydrogen-bond acceptors (Lipinski definition) is 7. The number of nitrogens with zero attached hydrogens (tertiary/aromatic N) is 6. The number of carbonyl (C=O) groups is 2. The summed E-state index contributed by atoms with van der Waals surface area (Å²) in [5, 5.41) is 12.4. The summed E-state index contributed by atoms with van der Waals surface area (Å²) in [6.45, 7) is 12.7. The maximum Gasteiger partial charge on any atom is 0.410 e. The van der Waals surface area contributed by atoms with E-state index in [2.05, 4.69) is 20.5 Å². The summed E-state index contributed by atoms with van der Waals surface area (Å²) < 4.78 is 7.21. The number of anilines is 1. The third-order valence-electron chi connectivity index (χ3n) is 6.91. The second-order valence-corrected chi connectivity index (χ2v) is 11.1. The third kappa shape index (κ3) is 5.96. The number of piperazine rings is 1. The van der Waals surface area contributed by atoms with Crippen molar-refractivity contribution in [2.75, 3.05) is 31.5 Å². The van der Waals surface area contributed by atoms with Crippen LogP contribution in [-0.4, -0.2) is 73.6 Å². The van der Waals surface area contributed by atoms with Gasteiger partial charge in [0, 0.05) is 38.1 Å². The van der Waals surface area contributed by atoms with E-state index in [4.69, 9.17) is 9.72 Å². The van der Waals surface area contributed by atoms with Crippen molar-refractivity contribution in [3.05, 3.63) is 77.1 Å². The Morgan fingerprint density at radius 2 is 1.68 bits per heavy atom. The molecule has 4 aromatic rings. The molecule has 2 aromatic heterocycles. The van der Waals surface area contributed by atoms with Gasteiger partial charge in [-0.2, -0.15) is 0 Å². The van der Waals surface area contributed by atoms with E-state index in [1.54, 1.807) is 9.58 Å². The number of carbonyl (C=O) groups excluding carboxylic acids is 2. The van der Waals surface area contributed by atoms with Crippen LogP contribution in [0.25, 0.3) is 16.6 Å². The Kier molecular flexibility index (Phi) is 7.53. The van der Waals surface area contributed by atoms with E-state index in [1.165, 1.54) is 0 Å². The van der Waals surface area contributed by atoms with Gasteiger partial charge in [0.05, 0.1) is 16.9 Å². The maximum atomic E-state index is 13.3. The number of para-hydroxylation sites is 2. The topological polar surface area (TPSA) is 105 Å². The van der Waals surface area contributed by atoms with Crippen molar-refractivity contribution < 1.29 is 14.3 Å². The molecule has 2 aromatic carbocycles. The number of benzene rings is 2. The highest BCUT2D eigenvalue weighted by Crippen LogP contribution is 2.24. The smallest absolute Gasteiger partial charge is 0.410 e. The number of nitrogens with one attached hydrogen (secondary N) is 1. The molecule has 1 aliphatic heterocycles. The standard InChI is InChI=1S/C30H35N7O3/c1-20-10-6-9-13-25(20)37-21(2)27(33-34-37)28(38)32-26-18-22(23-11-7-8-12-24(23)31-26)19-35-14-16-36(17-15-35)29(39)40-30(3,4)5/h6-13,18H,14-17,19H2,1-5H3,(H,31,32,38). The van der Waals surface area contributed by atoms with Gasteiger partial charge in [-0.1, -0.05) is 41.6 Å². The Morgan fingerprint density at radius 3 is 2.40 bits per heavy atom. The van der Waals surface area contributed by atoms with E-state index in [0.717, 1.165) is 40.8 Å². The molecule has 0 atom stereocenters. The Hall–Kier alpha value is -4.31. The number of fused-ring (bicyclic) bond motifs is 1. The highest BCUT2D eigenvalue weighted by atomic mass is 16.6. The number of pyridine rings is 1. The number of ether oxygens (including phenoxy) is 1. The first-order valence-electron chi connectivity index (χ1n) is 13.5. The molecule has 3 heterocycles. The first-order valence-corrected chi connectivity index (χ1v) is 13.5. The lowest BCUT2D eigenvalue weighted by atomic mass is 10.1. The second kappa shape index (κ2) is 11.1. The highest BCUT2D eigenvalue weighted by Gasteiger charge is 2.26. The van der Waals surface area contributed by atoms with Gasteiger partial charge in [-0.15, -0.1) is 5.10 Å². The molecule has 10 heteroatoms. The zero-order valence-corrected chi connectivity index (χ0v) is 23.6. The molecule has 1 N–H and O–H groups in total. The van der Waals surface area contributed by atoms with Crippen LogP contribution in [-0.2, 0) is 11.3 Å². The molecule has 5 rings (SSSR count). The molecule has 0 saturated carbocycles. The molecule has 0 spiro atoms. The average molecular weight is 542 g/mol. The number of aromatic nitrogens is 4. The molecular weight excluding hydrogens is 506 g/mol. The third-order valence-corrected chi connectivity index (χ3v) is 6.91. The van der Waals surface area contributed by atoms with Gasteiger partial charge in [0.25, 0.3) is 5.91 Å². The number of amides is 2. The maximum absolute atomic E-state index is 13.3. The van der Waals surface area contributed by atoms with Crippen LogP contribution in [0.2, 0.25) is 0 Å². The summed E-state index contributed by atoms with van der Waals surface area (Å²) in [6, 6.07) is 17.6. The molecule has 0 radical (unpaired) electrons. The minimum atomic E-state index is -0.516. The van der Waals surface area contributed by atoms with Crippen LogP contribution >= 0.6 is 0 Å². The monoisotopic (exact) mass is 541 g/mol. The SMILES string of the molecule is Cc1ccccc1-n1nnc(C(=O)Nc2cc(CN3CCN(C(=O)OC(C)(C)C)CC3)c3ccccc3n2)c1C. The second-order valence-electron chi connectivity index (χ2n) is 11.1. The number of hydrogen-bond donors (Lipinski definition) is 1. The first-order chi connectivity index (χ1) is 19.1. The van der Waals surface area contributed by atoms with E-state index >= 15 is 0 Å². The van der Waals surface area contributed by atoms with Crippen molar-refractivity contribution in [3.63, 3.8) is 0 Å². The minimum absolute atomic E-state index is 0.248. The van der Waals surface area contributed by atoms with Gasteiger partial charge in [0.2, 0.25) is 0 Å². The quantitative estimate of drug-likeness (QED) is 0.389. The van der Waals surface area contributed by atoms with Crippen molar-refractivity contribution in [2.24, 2.45) is 0 Å². The lowest BCUT2D eigenvalue weighted by Gasteiger charge is -2.35.